The van der Waals surface area contributed by atoms with Gasteiger partial charge in [-0.15, -0.1) is 0 Å². The predicted molar refractivity (Wildman–Crippen MR) is 90.5 cm³/mol. The van der Waals surface area contributed by atoms with Crippen LogP contribution in [0.3, 0.4) is 0 Å². The van der Waals surface area contributed by atoms with E-state index >= 15 is 0 Å². The van der Waals surface area contributed by atoms with Gasteiger partial charge >= 0.3 is 0 Å². The number of hydrogen-bond donors (Lipinski definition) is 1. The maximum atomic E-state index is 11.5. The monoisotopic (exact) mass is 377 g/mol. The summed E-state index contributed by atoms with van der Waals surface area (Å²) in [6, 6.07) is 5.84. The molecular formula is C15H24BrNO3S. The second-order valence-electron chi connectivity index (χ2n) is 5.34. The summed E-state index contributed by atoms with van der Waals surface area (Å²) < 4.78 is 29.5. The Morgan fingerprint density at radius 2 is 2.05 bits per heavy atom. The van der Waals surface area contributed by atoms with Gasteiger partial charge < -0.3 is 10.1 Å². The first kappa shape index (κ1) is 18.5. The lowest BCUT2D eigenvalue weighted by molar-refractivity contribution is 0.333. The minimum Gasteiger partial charge on any atom is -0.491 e. The molecule has 0 atom stereocenters. The molecule has 120 valence electrons. The minimum atomic E-state index is -3.00. The molecule has 1 N–H and O–H groups in total. The third-order valence-electron chi connectivity index (χ3n) is 3.00. The molecule has 0 spiro atoms. The third-order valence-corrected chi connectivity index (χ3v) is 5.29. The molecule has 0 saturated carbocycles. The van der Waals surface area contributed by atoms with E-state index in [4.69, 9.17) is 4.74 Å². The smallest absolute Gasteiger partial charge is 0.153 e. The molecule has 0 fully saturated rings. The van der Waals surface area contributed by atoms with Crippen LogP contribution in [0.2, 0.25) is 0 Å². The van der Waals surface area contributed by atoms with Crippen molar-refractivity contribution < 1.29 is 13.2 Å². The summed E-state index contributed by atoms with van der Waals surface area (Å²) >= 11 is 3.46. The van der Waals surface area contributed by atoms with Crippen LogP contribution in [0.5, 0.6) is 5.75 Å². The van der Waals surface area contributed by atoms with E-state index in [2.05, 4.69) is 35.1 Å². The van der Waals surface area contributed by atoms with Gasteiger partial charge in [0.05, 0.1) is 10.2 Å². The van der Waals surface area contributed by atoms with Gasteiger partial charge in [-0.25, -0.2) is 8.42 Å². The molecule has 4 nitrogen and oxygen atoms in total. The summed E-state index contributed by atoms with van der Waals surface area (Å²) in [4.78, 5) is 0. The Labute approximate surface area is 136 Å². The van der Waals surface area contributed by atoms with Crippen LogP contribution < -0.4 is 10.1 Å². The van der Waals surface area contributed by atoms with Gasteiger partial charge in [-0.05, 0) is 34.5 Å². The molecule has 0 saturated heterocycles. The summed E-state index contributed by atoms with van der Waals surface area (Å²) in [7, 11) is -3.00. The maximum Gasteiger partial charge on any atom is 0.153 e. The first-order chi connectivity index (χ1) is 9.85. The van der Waals surface area contributed by atoms with Crippen LogP contribution in [0.25, 0.3) is 0 Å². The van der Waals surface area contributed by atoms with E-state index in [1.165, 1.54) is 0 Å². The predicted octanol–water partition coefficient (Wildman–Crippen LogP) is 3.01. The number of para-hydroxylation sites is 1. The van der Waals surface area contributed by atoms with Crippen molar-refractivity contribution in [3.63, 3.8) is 0 Å². The quantitative estimate of drug-likeness (QED) is 0.718. The summed E-state index contributed by atoms with van der Waals surface area (Å²) in [5, 5.41) is 3.37. The molecule has 0 aliphatic rings. The fourth-order valence-corrected chi connectivity index (χ4v) is 2.91. The molecule has 0 unspecified atom stereocenters. The van der Waals surface area contributed by atoms with Crippen molar-refractivity contribution in [3.05, 3.63) is 28.2 Å². The van der Waals surface area contributed by atoms with Gasteiger partial charge in [0.1, 0.15) is 12.4 Å². The lowest BCUT2D eigenvalue weighted by atomic mass is 10.2. The number of nitrogens with one attached hydrogen (secondary N) is 1. The van der Waals surface area contributed by atoms with E-state index in [1.807, 2.05) is 18.2 Å². The van der Waals surface area contributed by atoms with Crippen LogP contribution in [-0.4, -0.2) is 33.1 Å². The Balaban J connectivity index is 2.67. The highest BCUT2D eigenvalue weighted by Crippen LogP contribution is 2.29. The zero-order valence-electron chi connectivity index (χ0n) is 12.9. The first-order valence-corrected chi connectivity index (χ1v) is 9.78. The number of sulfone groups is 1. The fraction of sp³-hybridized carbons (Fsp3) is 0.600. The van der Waals surface area contributed by atoms with Crippen molar-refractivity contribution in [2.45, 2.75) is 27.3 Å². The van der Waals surface area contributed by atoms with Crippen LogP contribution in [0.4, 0.5) is 0 Å². The SMILES string of the molecule is CCS(=O)(=O)CCOc1c(Br)cccc1CNCC(C)C. The Hall–Kier alpha value is -0.590. The Bertz CT molecular complexity index is 544. The van der Waals surface area contributed by atoms with Gasteiger partial charge in [0.25, 0.3) is 0 Å². The van der Waals surface area contributed by atoms with Crippen LogP contribution in [0.1, 0.15) is 26.3 Å². The van der Waals surface area contributed by atoms with E-state index in [9.17, 15) is 8.42 Å². The first-order valence-electron chi connectivity index (χ1n) is 7.17. The van der Waals surface area contributed by atoms with E-state index in [-0.39, 0.29) is 18.1 Å². The molecule has 0 aliphatic heterocycles. The van der Waals surface area contributed by atoms with Crippen molar-refractivity contribution in [1.82, 2.24) is 5.32 Å². The van der Waals surface area contributed by atoms with Crippen LogP contribution in [0.15, 0.2) is 22.7 Å². The Kier molecular flexibility index (Phi) is 7.70. The molecule has 1 aromatic carbocycles. The average molecular weight is 378 g/mol. The van der Waals surface area contributed by atoms with E-state index < -0.39 is 9.84 Å². The van der Waals surface area contributed by atoms with E-state index in [0.29, 0.717) is 12.5 Å². The fourth-order valence-electron chi connectivity index (χ4n) is 1.76. The molecule has 0 radical (unpaired) electrons. The number of benzene rings is 1. The normalized spacial score (nSPS) is 11.9. The van der Waals surface area contributed by atoms with Gasteiger partial charge in [-0.3, -0.25) is 0 Å². The highest BCUT2D eigenvalue weighted by atomic mass is 79.9. The minimum absolute atomic E-state index is 0.0453. The lowest BCUT2D eigenvalue weighted by Crippen LogP contribution is -2.20. The van der Waals surface area contributed by atoms with Crippen molar-refractivity contribution in [1.29, 1.82) is 0 Å². The molecule has 0 bridgehead atoms. The van der Waals surface area contributed by atoms with Gasteiger partial charge in [-0.1, -0.05) is 32.9 Å². The average Bonchev–Trinajstić information content (AvgIpc) is 2.41. The topological polar surface area (TPSA) is 55.4 Å². The van der Waals surface area contributed by atoms with Crippen LogP contribution in [-0.2, 0) is 16.4 Å². The van der Waals surface area contributed by atoms with Crippen molar-refractivity contribution in [2.75, 3.05) is 24.7 Å². The summed E-state index contributed by atoms with van der Waals surface area (Å²) in [5.74, 6) is 1.50. The highest BCUT2D eigenvalue weighted by molar-refractivity contribution is 9.10. The van der Waals surface area contributed by atoms with Crippen LogP contribution in [0, 0.1) is 5.92 Å². The molecule has 0 aromatic heterocycles. The van der Waals surface area contributed by atoms with Crippen molar-refractivity contribution in [2.24, 2.45) is 5.92 Å². The van der Waals surface area contributed by atoms with Gasteiger partial charge in [0, 0.05) is 17.9 Å². The van der Waals surface area contributed by atoms with Gasteiger partial charge in [0.15, 0.2) is 9.84 Å². The zero-order valence-corrected chi connectivity index (χ0v) is 15.3. The molecule has 0 aliphatic carbocycles. The molecular weight excluding hydrogens is 354 g/mol. The van der Waals surface area contributed by atoms with Crippen molar-refractivity contribution in [3.8, 4) is 5.75 Å². The maximum absolute atomic E-state index is 11.5. The molecule has 1 aromatic rings. The summed E-state index contributed by atoms with van der Waals surface area (Å²) in [6.45, 7) is 7.76. The molecule has 1 rings (SSSR count). The highest BCUT2D eigenvalue weighted by Gasteiger charge is 2.11. The number of halogens is 1. The van der Waals surface area contributed by atoms with Gasteiger partial charge in [-0.2, -0.15) is 0 Å². The standard InChI is InChI=1S/C15H24BrNO3S/c1-4-21(18,19)9-8-20-15-13(6-5-7-14(15)16)11-17-10-12(2)3/h5-7,12,17H,4,8-11H2,1-3H3. The largest absolute Gasteiger partial charge is 0.491 e. The van der Waals surface area contributed by atoms with E-state index in [0.717, 1.165) is 22.3 Å². The molecule has 6 heteroatoms. The molecule has 0 heterocycles. The number of rotatable bonds is 9. The zero-order chi connectivity index (χ0) is 15.9. The second-order valence-corrected chi connectivity index (χ2v) is 8.66. The number of ether oxygens (including phenoxy) is 1. The molecule has 0 amide bonds. The summed E-state index contributed by atoms with van der Waals surface area (Å²) in [6.07, 6.45) is 0. The summed E-state index contributed by atoms with van der Waals surface area (Å²) in [5.41, 5.74) is 1.03. The van der Waals surface area contributed by atoms with Crippen LogP contribution >= 0.6 is 15.9 Å². The Morgan fingerprint density at radius 3 is 2.67 bits per heavy atom. The number of hydrogen-bond acceptors (Lipinski definition) is 4. The van der Waals surface area contributed by atoms with Gasteiger partial charge in [0.2, 0.25) is 0 Å². The molecule has 21 heavy (non-hydrogen) atoms. The van der Waals surface area contributed by atoms with E-state index in [1.54, 1.807) is 6.92 Å². The Morgan fingerprint density at radius 1 is 1.33 bits per heavy atom. The second kappa shape index (κ2) is 8.76. The third kappa shape index (κ3) is 6.80. The van der Waals surface area contributed by atoms with Crippen molar-refractivity contribution >= 4 is 25.8 Å². The lowest BCUT2D eigenvalue weighted by Gasteiger charge is -2.14.